The minimum absolute atomic E-state index is 0.0783. The molecule has 0 aliphatic rings. The molecule has 0 saturated heterocycles. The standard InChI is InChI=1S/C14H19N3/c1-12(2)14(3,9-17-11-15-10-16-17)13-7-5-4-6-8-13/h4-8,10-12H,9H2,1-3H3/t14-/m0/s1. The number of aromatic nitrogens is 3. The summed E-state index contributed by atoms with van der Waals surface area (Å²) in [5, 5.41) is 4.21. The lowest BCUT2D eigenvalue weighted by atomic mass is 9.73. The molecule has 3 heteroatoms. The van der Waals surface area contributed by atoms with Crippen molar-refractivity contribution in [3.05, 3.63) is 48.5 Å². The summed E-state index contributed by atoms with van der Waals surface area (Å²) in [6.07, 6.45) is 3.37. The van der Waals surface area contributed by atoms with Gasteiger partial charge in [0.15, 0.2) is 0 Å². The highest BCUT2D eigenvalue weighted by molar-refractivity contribution is 5.25. The predicted octanol–water partition coefficient (Wildman–Crippen LogP) is 2.89. The third-order valence-electron chi connectivity index (χ3n) is 3.66. The first kappa shape index (κ1) is 11.8. The van der Waals surface area contributed by atoms with Gasteiger partial charge in [-0.2, -0.15) is 5.10 Å². The number of benzene rings is 1. The molecule has 0 bridgehead atoms. The van der Waals surface area contributed by atoms with E-state index in [0.29, 0.717) is 5.92 Å². The highest BCUT2D eigenvalue weighted by Crippen LogP contribution is 2.33. The fourth-order valence-electron chi connectivity index (χ4n) is 2.08. The van der Waals surface area contributed by atoms with Gasteiger partial charge in [0.1, 0.15) is 12.7 Å². The van der Waals surface area contributed by atoms with Crippen molar-refractivity contribution in [1.82, 2.24) is 14.8 Å². The summed E-state index contributed by atoms with van der Waals surface area (Å²) >= 11 is 0. The molecular formula is C14H19N3. The predicted molar refractivity (Wildman–Crippen MR) is 68.7 cm³/mol. The van der Waals surface area contributed by atoms with Crippen molar-refractivity contribution in [3.63, 3.8) is 0 Å². The maximum absolute atomic E-state index is 4.21. The van der Waals surface area contributed by atoms with Crippen LogP contribution in [0.15, 0.2) is 43.0 Å². The minimum atomic E-state index is 0.0783. The Morgan fingerprint density at radius 3 is 2.47 bits per heavy atom. The monoisotopic (exact) mass is 229 g/mol. The summed E-state index contributed by atoms with van der Waals surface area (Å²) in [5.74, 6) is 0.536. The molecule has 0 aliphatic carbocycles. The van der Waals surface area contributed by atoms with E-state index in [-0.39, 0.29) is 5.41 Å². The average Bonchev–Trinajstić information content (AvgIpc) is 2.82. The van der Waals surface area contributed by atoms with Gasteiger partial charge in [0, 0.05) is 5.41 Å². The molecule has 0 amide bonds. The Hall–Kier alpha value is -1.64. The molecule has 0 fully saturated rings. The van der Waals surface area contributed by atoms with Crippen LogP contribution in [-0.4, -0.2) is 14.8 Å². The van der Waals surface area contributed by atoms with Crippen LogP contribution in [0.3, 0.4) is 0 Å². The van der Waals surface area contributed by atoms with Crippen molar-refractivity contribution in [1.29, 1.82) is 0 Å². The van der Waals surface area contributed by atoms with Gasteiger partial charge in [-0.1, -0.05) is 51.1 Å². The lowest BCUT2D eigenvalue weighted by molar-refractivity contribution is 0.279. The smallest absolute Gasteiger partial charge is 0.137 e. The van der Waals surface area contributed by atoms with E-state index in [2.05, 4.69) is 61.2 Å². The lowest BCUT2D eigenvalue weighted by Crippen LogP contribution is -2.34. The van der Waals surface area contributed by atoms with Gasteiger partial charge in [-0.25, -0.2) is 4.98 Å². The van der Waals surface area contributed by atoms with Crippen LogP contribution in [0.4, 0.5) is 0 Å². The first-order valence-electron chi connectivity index (χ1n) is 6.01. The molecule has 1 aromatic heterocycles. The van der Waals surface area contributed by atoms with Crippen molar-refractivity contribution in [2.45, 2.75) is 32.7 Å². The van der Waals surface area contributed by atoms with E-state index in [1.807, 2.05) is 4.68 Å². The van der Waals surface area contributed by atoms with Crippen molar-refractivity contribution < 1.29 is 0 Å². The molecule has 0 unspecified atom stereocenters. The molecular weight excluding hydrogens is 210 g/mol. The fourth-order valence-corrected chi connectivity index (χ4v) is 2.08. The van der Waals surface area contributed by atoms with Crippen LogP contribution in [0.25, 0.3) is 0 Å². The van der Waals surface area contributed by atoms with Crippen LogP contribution in [0, 0.1) is 5.92 Å². The van der Waals surface area contributed by atoms with E-state index in [1.165, 1.54) is 5.56 Å². The van der Waals surface area contributed by atoms with Gasteiger partial charge in [0.2, 0.25) is 0 Å². The number of hydrogen-bond acceptors (Lipinski definition) is 2. The molecule has 0 saturated carbocycles. The minimum Gasteiger partial charge on any atom is -0.252 e. The zero-order valence-electron chi connectivity index (χ0n) is 10.7. The molecule has 0 aliphatic heterocycles. The summed E-state index contributed by atoms with van der Waals surface area (Å²) in [6, 6.07) is 10.6. The van der Waals surface area contributed by atoms with E-state index in [1.54, 1.807) is 12.7 Å². The fraction of sp³-hybridized carbons (Fsp3) is 0.429. The second-order valence-corrected chi connectivity index (χ2v) is 5.03. The molecule has 0 N–H and O–H groups in total. The molecule has 2 aromatic rings. The Balaban J connectivity index is 2.33. The second-order valence-electron chi connectivity index (χ2n) is 5.03. The van der Waals surface area contributed by atoms with E-state index < -0.39 is 0 Å². The first-order valence-corrected chi connectivity index (χ1v) is 6.01. The Bertz CT molecular complexity index is 448. The van der Waals surface area contributed by atoms with Crippen molar-refractivity contribution in [2.24, 2.45) is 5.92 Å². The van der Waals surface area contributed by atoms with Crippen molar-refractivity contribution >= 4 is 0 Å². The van der Waals surface area contributed by atoms with Crippen LogP contribution >= 0.6 is 0 Å². The highest BCUT2D eigenvalue weighted by Gasteiger charge is 2.31. The summed E-state index contributed by atoms with van der Waals surface area (Å²) in [4.78, 5) is 4.01. The Kier molecular flexibility index (Phi) is 3.27. The number of rotatable bonds is 4. The van der Waals surface area contributed by atoms with Gasteiger partial charge in [-0.3, -0.25) is 4.68 Å². The summed E-state index contributed by atoms with van der Waals surface area (Å²) in [6.45, 7) is 7.65. The Labute approximate surface area is 103 Å². The lowest BCUT2D eigenvalue weighted by Gasteiger charge is -2.34. The SMILES string of the molecule is CC(C)[C@](C)(Cn1cncn1)c1ccccc1. The normalized spacial score (nSPS) is 14.8. The quantitative estimate of drug-likeness (QED) is 0.807. The van der Waals surface area contributed by atoms with Gasteiger partial charge in [0.05, 0.1) is 6.54 Å². The molecule has 2 rings (SSSR count). The van der Waals surface area contributed by atoms with Crippen LogP contribution in [0.1, 0.15) is 26.3 Å². The zero-order valence-corrected chi connectivity index (χ0v) is 10.7. The molecule has 1 heterocycles. The van der Waals surface area contributed by atoms with Crippen LogP contribution < -0.4 is 0 Å². The number of nitrogens with zero attached hydrogens (tertiary/aromatic N) is 3. The van der Waals surface area contributed by atoms with E-state index >= 15 is 0 Å². The summed E-state index contributed by atoms with van der Waals surface area (Å²) in [7, 11) is 0. The molecule has 0 radical (unpaired) electrons. The zero-order chi connectivity index (χ0) is 12.3. The molecule has 0 spiro atoms. The topological polar surface area (TPSA) is 30.7 Å². The van der Waals surface area contributed by atoms with Crippen molar-refractivity contribution in [2.75, 3.05) is 0 Å². The van der Waals surface area contributed by atoms with Gasteiger partial charge in [-0.05, 0) is 11.5 Å². The second kappa shape index (κ2) is 4.70. The van der Waals surface area contributed by atoms with Gasteiger partial charge in [0.25, 0.3) is 0 Å². The van der Waals surface area contributed by atoms with Crippen LogP contribution in [-0.2, 0) is 12.0 Å². The van der Waals surface area contributed by atoms with Crippen LogP contribution in [0.2, 0.25) is 0 Å². The highest BCUT2D eigenvalue weighted by atomic mass is 15.3. The summed E-state index contributed by atoms with van der Waals surface area (Å²) < 4.78 is 1.91. The third-order valence-corrected chi connectivity index (χ3v) is 3.66. The van der Waals surface area contributed by atoms with E-state index in [9.17, 15) is 0 Å². The van der Waals surface area contributed by atoms with E-state index in [0.717, 1.165) is 6.54 Å². The van der Waals surface area contributed by atoms with Gasteiger partial charge >= 0.3 is 0 Å². The van der Waals surface area contributed by atoms with Crippen LogP contribution in [0.5, 0.6) is 0 Å². The molecule has 90 valence electrons. The summed E-state index contributed by atoms with van der Waals surface area (Å²) in [5.41, 5.74) is 1.43. The third kappa shape index (κ3) is 2.38. The first-order chi connectivity index (χ1) is 8.13. The Morgan fingerprint density at radius 2 is 1.94 bits per heavy atom. The molecule has 3 nitrogen and oxygen atoms in total. The maximum Gasteiger partial charge on any atom is 0.137 e. The maximum atomic E-state index is 4.21. The molecule has 17 heavy (non-hydrogen) atoms. The molecule has 1 atom stereocenters. The van der Waals surface area contributed by atoms with Gasteiger partial charge in [-0.15, -0.1) is 0 Å². The number of hydrogen-bond donors (Lipinski definition) is 0. The average molecular weight is 229 g/mol. The van der Waals surface area contributed by atoms with E-state index in [4.69, 9.17) is 0 Å². The largest absolute Gasteiger partial charge is 0.252 e. The molecule has 1 aromatic carbocycles. The van der Waals surface area contributed by atoms with Gasteiger partial charge < -0.3 is 0 Å². The van der Waals surface area contributed by atoms with Crippen molar-refractivity contribution in [3.8, 4) is 0 Å². The Morgan fingerprint density at radius 1 is 1.24 bits per heavy atom.